The third kappa shape index (κ3) is 6.15. The summed E-state index contributed by atoms with van der Waals surface area (Å²) in [7, 11) is 1.60. The van der Waals surface area contributed by atoms with Crippen molar-refractivity contribution in [2.75, 3.05) is 38.7 Å². The Morgan fingerprint density at radius 1 is 1.03 bits per heavy atom. The Balaban J connectivity index is 1.56. The lowest BCUT2D eigenvalue weighted by Crippen LogP contribution is -2.43. The first-order valence-corrected chi connectivity index (χ1v) is 10.5. The van der Waals surface area contributed by atoms with Crippen molar-refractivity contribution in [3.63, 3.8) is 0 Å². The zero-order valence-electron chi connectivity index (χ0n) is 18.0. The fraction of sp³-hybridized carbons (Fsp3) is 0.375. The molecular weight excluding hydrogens is 394 g/mol. The van der Waals surface area contributed by atoms with Crippen molar-refractivity contribution in [1.82, 2.24) is 10.2 Å². The molecule has 0 radical (unpaired) electrons. The quantitative estimate of drug-likeness (QED) is 0.671. The average molecular weight is 424 g/mol. The number of ether oxygens (including phenoxy) is 1. The van der Waals surface area contributed by atoms with Gasteiger partial charge in [0.15, 0.2) is 0 Å². The van der Waals surface area contributed by atoms with E-state index in [1.807, 2.05) is 19.1 Å². The van der Waals surface area contributed by atoms with Crippen LogP contribution in [0.4, 0.5) is 5.69 Å². The number of nitrogens with zero attached hydrogens (tertiary/aromatic N) is 1. The molecule has 7 heteroatoms. The molecule has 0 bridgehead atoms. The number of hydrogen-bond acceptors (Lipinski definition) is 4. The van der Waals surface area contributed by atoms with Crippen LogP contribution in [0.25, 0.3) is 0 Å². The summed E-state index contributed by atoms with van der Waals surface area (Å²) < 4.78 is 4.95. The van der Waals surface area contributed by atoms with Gasteiger partial charge in [-0.1, -0.05) is 23.8 Å². The third-order valence-corrected chi connectivity index (χ3v) is 5.44. The van der Waals surface area contributed by atoms with Gasteiger partial charge in [0, 0.05) is 49.5 Å². The van der Waals surface area contributed by atoms with E-state index >= 15 is 0 Å². The first kappa shape index (κ1) is 22.5. The molecule has 1 aliphatic heterocycles. The summed E-state index contributed by atoms with van der Waals surface area (Å²) in [5.41, 5.74) is 2.74. The monoisotopic (exact) mass is 423 g/mol. The first-order chi connectivity index (χ1) is 15.0. The molecule has 2 N–H and O–H groups in total. The number of piperidine rings is 1. The van der Waals surface area contributed by atoms with Crippen LogP contribution >= 0.6 is 0 Å². The summed E-state index contributed by atoms with van der Waals surface area (Å²) in [6.45, 7) is 4.01. The number of likely N-dealkylation sites (tertiary alicyclic amines) is 1. The lowest BCUT2D eigenvalue weighted by Gasteiger charge is -2.31. The van der Waals surface area contributed by atoms with E-state index < -0.39 is 0 Å². The maximum Gasteiger partial charge on any atom is 0.255 e. The topological polar surface area (TPSA) is 87.7 Å². The molecule has 1 heterocycles. The molecule has 0 atom stereocenters. The second-order valence-electron chi connectivity index (χ2n) is 7.75. The normalized spacial score (nSPS) is 14.2. The van der Waals surface area contributed by atoms with Crippen LogP contribution < -0.4 is 10.6 Å². The van der Waals surface area contributed by atoms with Crippen LogP contribution in [0.15, 0.2) is 48.5 Å². The predicted octanol–water partition coefficient (Wildman–Crippen LogP) is 2.86. The molecule has 0 spiro atoms. The maximum absolute atomic E-state index is 12.9. The Morgan fingerprint density at radius 3 is 2.42 bits per heavy atom. The summed E-state index contributed by atoms with van der Waals surface area (Å²) in [5.74, 6) is -0.374. The van der Waals surface area contributed by atoms with Gasteiger partial charge in [-0.05, 0) is 50.1 Å². The number of anilines is 1. The van der Waals surface area contributed by atoms with Crippen molar-refractivity contribution >= 4 is 23.4 Å². The highest BCUT2D eigenvalue weighted by Gasteiger charge is 2.27. The van der Waals surface area contributed by atoms with E-state index in [0.29, 0.717) is 55.9 Å². The molecule has 2 aromatic rings. The maximum atomic E-state index is 12.9. The SMILES string of the molecule is COCCNC(=O)C1CCN(C(=O)c2cccc(NC(=O)c3ccc(C)cc3)c2)CC1. The number of aryl methyl sites for hydroxylation is 1. The van der Waals surface area contributed by atoms with Crippen LogP contribution in [0, 0.1) is 12.8 Å². The Labute approximate surface area is 182 Å². The second-order valence-corrected chi connectivity index (χ2v) is 7.75. The fourth-order valence-electron chi connectivity index (χ4n) is 3.59. The van der Waals surface area contributed by atoms with E-state index in [2.05, 4.69) is 10.6 Å². The molecule has 2 aromatic carbocycles. The van der Waals surface area contributed by atoms with Crippen molar-refractivity contribution in [1.29, 1.82) is 0 Å². The van der Waals surface area contributed by atoms with Gasteiger partial charge in [-0.25, -0.2) is 0 Å². The van der Waals surface area contributed by atoms with E-state index in [-0.39, 0.29) is 23.6 Å². The van der Waals surface area contributed by atoms with Gasteiger partial charge >= 0.3 is 0 Å². The lowest BCUT2D eigenvalue weighted by molar-refractivity contribution is -0.126. The molecule has 1 saturated heterocycles. The minimum Gasteiger partial charge on any atom is -0.383 e. The minimum atomic E-state index is -0.218. The molecule has 0 saturated carbocycles. The second kappa shape index (κ2) is 10.7. The number of benzene rings is 2. The molecular formula is C24H29N3O4. The number of hydrogen-bond donors (Lipinski definition) is 2. The summed E-state index contributed by atoms with van der Waals surface area (Å²) in [6.07, 6.45) is 1.27. The molecule has 7 nitrogen and oxygen atoms in total. The van der Waals surface area contributed by atoms with Crippen LogP contribution in [-0.4, -0.2) is 56.0 Å². The largest absolute Gasteiger partial charge is 0.383 e. The molecule has 0 unspecified atom stereocenters. The highest BCUT2D eigenvalue weighted by atomic mass is 16.5. The Bertz CT molecular complexity index is 919. The van der Waals surface area contributed by atoms with Gasteiger partial charge in [0.05, 0.1) is 6.61 Å². The van der Waals surface area contributed by atoms with Gasteiger partial charge in [0.2, 0.25) is 5.91 Å². The van der Waals surface area contributed by atoms with E-state index in [0.717, 1.165) is 5.56 Å². The smallest absolute Gasteiger partial charge is 0.255 e. The van der Waals surface area contributed by atoms with E-state index in [4.69, 9.17) is 4.74 Å². The molecule has 0 aliphatic carbocycles. The number of nitrogens with one attached hydrogen (secondary N) is 2. The van der Waals surface area contributed by atoms with Gasteiger partial charge in [-0.3, -0.25) is 14.4 Å². The number of amides is 3. The predicted molar refractivity (Wildman–Crippen MR) is 119 cm³/mol. The average Bonchev–Trinajstić information content (AvgIpc) is 2.79. The molecule has 3 amide bonds. The zero-order chi connectivity index (χ0) is 22.2. The van der Waals surface area contributed by atoms with Crippen LogP contribution in [0.5, 0.6) is 0 Å². The molecule has 1 fully saturated rings. The van der Waals surface area contributed by atoms with Crippen molar-refractivity contribution in [2.45, 2.75) is 19.8 Å². The number of carbonyl (C=O) groups excluding carboxylic acids is 3. The van der Waals surface area contributed by atoms with E-state index in [1.165, 1.54) is 0 Å². The van der Waals surface area contributed by atoms with Gasteiger partial charge in [-0.15, -0.1) is 0 Å². The van der Waals surface area contributed by atoms with Crippen LogP contribution in [0.1, 0.15) is 39.1 Å². The van der Waals surface area contributed by atoms with Gasteiger partial charge in [-0.2, -0.15) is 0 Å². The van der Waals surface area contributed by atoms with Crippen LogP contribution in [0.2, 0.25) is 0 Å². The molecule has 164 valence electrons. The third-order valence-electron chi connectivity index (χ3n) is 5.44. The number of methoxy groups -OCH3 is 1. The van der Waals surface area contributed by atoms with Crippen LogP contribution in [-0.2, 0) is 9.53 Å². The zero-order valence-corrected chi connectivity index (χ0v) is 18.0. The molecule has 0 aromatic heterocycles. The molecule has 3 rings (SSSR count). The van der Waals surface area contributed by atoms with Gasteiger partial charge < -0.3 is 20.3 Å². The molecule has 1 aliphatic rings. The number of rotatable bonds is 7. The Kier molecular flexibility index (Phi) is 7.78. The van der Waals surface area contributed by atoms with E-state index in [9.17, 15) is 14.4 Å². The summed E-state index contributed by atoms with van der Waals surface area (Å²) >= 11 is 0. The summed E-state index contributed by atoms with van der Waals surface area (Å²) in [6, 6.07) is 14.3. The van der Waals surface area contributed by atoms with Gasteiger partial charge in [0.1, 0.15) is 0 Å². The summed E-state index contributed by atoms with van der Waals surface area (Å²) in [4.78, 5) is 39.3. The standard InChI is InChI=1S/C24H29N3O4/c1-17-6-8-18(9-7-17)23(29)26-21-5-3-4-20(16-21)24(30)27-13-10-19(11-14-27)22(28)25-12-15-31-2/h3-9,16,19H,10-15H2,1-2H3,(H,25,28)(H,26,29). The lowest BCUT2D eigenvalue weighted by atomic mass is 9.95. The Hall–Kier alpha value is -3.19. The van der Waals surface area contributed by atoms with Crippen molar-refractivity contribution in [2.24, 2.45) is 5.92 Å². The molecule has 31 heavy (non-hydrogen) atoms. The summed E-state index contributed by atoms with van der Waals surface area (Å²) in [5, 5.41) is 5.71. The Morgan fingerprint density at radius 2 is 1.74 bits per heavy atom. The first-order valence-electron chi connectivity index (χ1n) is 10.5. The number of carbonyl (C=O) groups is 3. The fourth-order valence-corrected chi connectivity index (χ4v) is 3.59. The minimum absolute atomic E-state index is 0.0185. The highest BCUT2D eigenvalue weighted by molar-refractivity contribution is 6.05. The van der Waals surface area contributed by atoms with Gasteiger partial charge in [0.25, 0.3) is 11.8 Å². The van der Waals surface area contributed by atoms with E-state index in [1.54, 1.807) is 48.4 Å². The van der Waals surface area contributed by atoms with Crippen LogP contribution in [0.3, 0.4) is 0 Å². The van der Waals surface area contributed by atoms with Crippen molar-refractivity contribution in [3.8, 4) is 0 Å². The highest BCUT2D eigenvalue weighted by Crippen LogP contribution is 2.21. The van der Waals surface area contributed by atoms with Crippen molar-refractivity contribution in [3.05, 3.63) is 65.2 Å². The van der Waals surface area contributed by atoms with Crippen molar-refractivity contribution < 1.29 is 19.1 Å².